The molecular weight excluding hydrogens is 284 g/mol. The number of ether oxygens (including phenoxy) is 1. The molecule has 0 aliphatic heterocycles. The molecule has 0 unspecified atom stereocenters. The molecule has 0 N–H and O–H groups in total. The predicted octanol–water partition coefficient (Wildman–Crippen LogP) is 4.46. The van der Waals surface area contributed by atoms with Gasteiger partial charge in [-0.1, -0.05) is 23.7 Å². The lowest BCUT2D eigenvalue weighted by Gasteiger charge is -2.17. The Morgan fingerprint density at radius 2 is 1.95 bits per heavy atom. The number of aryl methyl sites for hydroxylation is 1. The minimum Gasteiger partial charge on any atom is -0.491 e. The van der Waals surface area contributed by atoms with Crippen LogP contribution in [0.4, 0.5) is 0 Å². The molecule has 1 aliphatic rings. The molecule has 110 valence electrons. The standard InChI is InChI=1S/C17H19ClN2O/c1-11(2)21-13-7-5-6-12(10-13)17-19-15-9-4-3-8-14(15)16(18)20-17/h5-7,10-11H,3-4,8-9H2,1-2H3. The maximum Gasteiger partial charge on any atom is 0.161 e. The van der Waals surface area contributed by atoms with E-state index >= 15 is 0 Å². The van der Waals surface area contributed by atoms with Crippen LogP contribution in [0, 0.1) is 0 Å². The molecule has 21 heavy (non-hydrogen) atoms. The first-order valence-electron chi connectivity index (χ1n) is 7.46. The molecular formula is C17H19ClN2O. The van der Waals surface area contributed by atoms with Crippen LogP contribution in [0.1, 0.15) is 37.9 Å². The molecule has 2 aromatic rings. The lowest BCUT2D eigenvalue weighted by atomic mass is 9.97. The molecule has 3 rings (SSSR count). The molecule has 0 bridgehead atoms. The first-order chi connectivity index (χ1) is 10.1. The third-order valence-electron chi connectivity index (χ3n) is 3.60. The van der Waals surface area contributed by atoms with Gasteiger partial charge in [0.2, 0.25) is 0 Å². The van der Waals surface area contributed by atoms with Crippen molar-refractivity contribution in [2.75, 3.05) is 0 Å². The van der Waals surface area contributed by atoms with Crippen molar-refractivity contribution >= 4 is 11.6 Å². The average Bonchev–Trinajstić information content (AvgIpc) is 2.47. The Kier molecular flexibility index (Phi) is 4.11. The SMILES string of the molecule is CC(C)Oc1cccc(-c2nc(Cl)c3c(n2)CCCC3)c1. The second kappa shape index (κ2) is 6.02. The summed E-state index contributed by atoms with van der Waals surface area (Å²) in [6.07, 6.45) is 4.48. The van der Waals surface area contributed by atoms with E-state index in [2.05, 4.69) is 4.98 Å². The summed E-state index contributed by atoms with van der Waals surface area (Å²) < 4.78 is 5.73. The summed E-state index contributed by atoms with van der Waals surface area (Å²) in [5, 5.41) is 0.602. The normalized spacial score (nSPS) is 14.1. The van der Waals surface area contributed by atoms with Crippen LogP contribution in [0.3, 0.4) is 0 Å². The Labute approximate surface area is 130 Å². The van der Waals surface area contributed by atoms with E-state index in [1.165, 1.54) is 12.8 Å². The molecule has 0 radical (unpaired) electrons. The van der Waals surface area contributed by atoms with E-state index in [9.17, 15) is 0 Å². The van der Waals surface area contributed by atoms with Crippen molar-refractivity contribution in [3.05, 3.63) is 40.7 Å². The Hall–Kier alpha value is -1.61. The van der Waals surface area contributed by atoms with Gasteiger partial charge in [-0.2, -0.15) is 0 Å². The lowest BCUT2D eigenvalue weighted by molar-refractivity contribution is 0.242. The van der Waals surface area contributed by atoms with Crippen molar-refractivity contribution in [1.29, 1.82) is 0 Å². The number of halogens is 1. The van der Waals surface area contributed by atoms with Crippen molar-refractivity contribution < 1.29 is 4.74 Å². The molecule has 1 aliphatic carbocycles. The van der Waals surface area contributed by atoms with E-state index in [4.69, 9.17) is 21.3 Å². The number of rotatable bonds is 3. The van der Waals surface area contributed by atoms with Crippen molar-refractivity contribution in [1.82, 2.24) is 9.97 Å². The molecule has 1 heterocycles. The van der Waals surface area contributed by atoms with Gasteiger partial charge in [0.15, 0.2) is 5.82 Å². The molecule has 1 aromatic heterocycles. The highest BCUT2D eigenvalue weighted by Gasteiger charge is 2.17. The van der Waals surface area contributed by atoms with Crippen LogP contribution in [-0.4, -0.2) is 16.1 Å². The van der Waals surface area contributed by atoms with Gasteiger partial charge in [-0.25, -0.2) is 9.97 Å². The highest BCUT2D eigenvalue weighted by atomic mass is 35.5. The van der Waals surface area contributed by atoms with E-state index in [1.807, 2.05) is 38.1 Å². The topological polar surface area (TPSA) is 35.0 Å². The maximum atomic E-state index is 6.34. The van der Waals surface area contributed by atoms with Crippen molar-refractivity contribution in [3.8, 4) is 17.1 Å². The molecule has 0 saturated carbocycles. The molecule has 3 nitrogen and oxygen atoms in total. The van der Waals surface area contributed by atoms with Gasteiger partial charge >= 0.3 is 0 Å². The average molecular weight is 303 g/mol. The van der Waals surface area contributed by atoms with E-state index in [0.29, 0.717) is 11.0 Å². The van der Waals surface area contributed by atoms with Crippen LogP contribution >= 0.6 is 11.6 Å². The molecule has 0 amide bonds. The van der Waals surface area contributed by atoms with Gasteiger partial charge in [0.25, 0.3) is 0 Å². The second-order valence-corrected chi connectivity index (χ2v) is 6.02. The van der Waals surface area contributed by atoms with Crippen LogP contribution in [-0.2, 0) is 12.8 Å². The fourth-order valence-electron chi connectivity index (χ4n) is 2.66. The fraction of sp³-hybridized carbons (Fsp3) is 0.412. The Bertz CT molecular complexity index is 655. The molecule has 0 atom stereocenters. The summed E-state index contributed by atoms with van der Waals surface area (Å²) in [5.74, 6) is 1.52. The Morgan fingerprint density at radius 1 is 1.14 bits per heavy atom. The Morgan fingerprint density at radius 3 is 2.76 bits per heavy atom. The summed E-state index contributed by atoms with van der Waals surface area (Å²) in [7, 11) is 0. The van der Waals surface area contributed by atoms with Crippen molar-refractivity contribution in [3.63, 3.8) is 0 Å². The van der Waals surface area contributed by atoms with E-state index in [1.54, 1.807) is 0 Å². The fourth-order valence-corrected chi connectivity index (χ4v) is 2.94. The van der Waals surface area contributed by atoms with Crippen LogP contribution < -0.4 is 4.74 Å². The Balaban J connectivity index is 1.98. The minimum atomic E-state index is 0.147. The maximum absolute atomic E-state index is 6.34. The van der Waals surface area contributed by atoms with Gasteiger partial charge in [-0.15, -0.1) is 0 Å². The zero-order valence-corrected chi connectivity index (χ0v) is 13.2. The van der Waals surface area contributed by atoms with Crippen molar-refractivity contribution in [2.45, 2.75) is 45.6 Å². The summed E-state index contributed by atoms with van der Waals surface area (Å²) in [6, 6.07) is 7.88. The molecule has 1 aromatic carbocycles. The molecule has 0 saturated heterocycles. The zero-order chi connectivity index (χ0) is 14.8. The van der Waals surface area contributed by atoms with Crippen LogP contribution in [0.25, 0.3) is 11.4 Å². The first-order valence-corrected chi connectivity index (χ1v) is 7.83. The molecule has 4 heteroatoms. The molecule has 0 spiro atoms. The smallest absolute Gasteiger partial charge is 0.161 e. The molecule has 0 fully saturated rings. The van der Waals surface area contributed by atoms with Gasteiger partial charge in [0.1, 0.15) is 10.9 Å². The number of fused-ring (bicyclic) bond motifs is 1. The number of nitrogens with zero attached hydrogens (tertiary/aromatic N) is 2. The van der Waals surface area contributed by atoms with Gasteiger partial charge < -0.3 is 4.74 Å². The van der Waals surface area contributed by atoms with Gasteiger partial charge in [0.05, 0.1) is 6.10 Å². The first kappa shape index (κ1) is 14.3. The van der Waals surface area contributed by atoms with Gasteiger partial charge in [0, 0.05) is 16.8 Å². The highest BCUT2D eigenvalue weighted by molar-refractivity contribution is 6.30. The summed E-state index contributed by atoms with van der Waals surface area (Å²) in [5.41, 5.74) is 3.18. The van der Waals surface area contributed by atoms with Gasteiger partial charge in [-0.3, -0.25) is 0 Å². The third-order valence-corrected chi connectivity index (χ3v) is 3.91. The number of hydrogen-bond acceptors (Lipinski definition) is 3. The number of hydrogen-bond donors (Lipinski definition) is 0. The highest BCUT2D eigenvalue weighted by Crippen LogP contribution is 2.29. The van der Waals surface area contributed by atoms with E-state index < -0.39 is 0 Å². The van der Waals surface area contributed by atoms with Crippen LogP contribution in [0.5, 0.6) is 5.75 Å². The van der Waals surface area contributed by atoms with Gasteiger partial charge in [-0.05, 0) is 51.7 Å². The zero-order valence-electron chi connectivity index (χ0n) is 12.4. The quantitative estimate of drug-likeness (QED) is 0.785. The summed E-state index contributed by atoms with van der Waals surface area (Å²) >= 11 is 6.34. The van der Waals surface area contributed by atoms with E-state index in [0.717, 1.165) is 35.4 Å². The summed E-state index contributed by atoms with van der Waals surface area (Å²) in [6.45, 7) is 4.03. The largest absolute Gasteiger partial charge is 0.491 e. The minimum absolute atomic E-state index is 0.147. The number of aromatic nitrogens is 2. The monoisotopic (exact) mass is 302 g/mol. The number of benzene rings is 1. The van der Waals surface area contributed by atoms with E-state index in [-0.39, 0.29) is 6.10 Å². The third kappa shape index (κ3) is 3.18. The predicted molar refractivity (Wildman–Crippen MR) is 84.9 cm³/mol. The second-order valence-electron chi connectivity index (χ2n) is 5.66. The van der Waals surface area contributed by atoms with Crippen LogP contribution in [0.15, 0.2) is 24.3 Å². The van der Waals surface area contributed by atoms with Crippen LogP contribution in [0.2, 0.25) is 5.15 Å². The lowest BCUT2D eigenvalue weighted by Crippen LogP contribution is -2.09. The van der Waals surface area contributed by atoms with Crippen molar-refractivity contribution in [2.24, 2.45) is 0 Å². The summed E-state index contributed by atoms with van der Waals surface area (Å²) in [4.78, 5) is 9.19.